The second-order valence-electron chi connectivity index (χ2n) is 5.59. The molecular formula is C18H16N4O3. The van der Waals surface area contributed by atoms with Gasteiger partial charge in [0.15, 0.2) is 6.61 Å². The van der Waals surface area contributed by atoms with Gasteiger partial charge in [-0.2, -0.15) is 0 Å². The number of amides is 1. The van der Waals surface area contributed by atoms with Crippen LogP contribution in [-0.2, 0) is 11.3 Å². The first-order valence-electron chi connectivity index (χ1n) is 7.82. The van der Waals surface area contributed by atoms with Crippen LogP contribution >= 0.6 is 0 Å². The Morgan fingerprint density at radius 1 is 1.16 bits per heavy atom. The first kappa shape index (κ1) is 15.2. The van der Waals surface area contributed by atoms with Gasteiger partial charge in [-0.1, -0.05) is 17.3 Å². The number of methoxy groups -OCH3 is 1. The lowest BCUT2D eigenvalue weighted by Crippen LogP contribution is -2.38. The van der Waals surface area contributed by atoms with Crippen LogP contribution in [0.1, 0.15) is 5.69 Å². The van der Waals surface area contributed by atoms with Crippen LogP contribution in [0.4, 0.5) is 5.69 Å². The summed E-state index contributed by atoms with van der Waals surface area (Å²) in [5.74, 6) is 1.38. The molecule has 3 aromatic rings. The summed E-state index contributed by atoms with van der Waals surface area (Å²) in [6, 6.07) is 15.0. The first-order valence-corrected chi connectivity index (χ1v) is 7.82. The molecule has 0 saturated heterocycles. The van der Waals surface area contributed by atoms with Gasteiger partial charge in [0.05, 0.1) is 31.2 Å². The molecule has 0 fully saturated rings. The quantitative estimate of drug-likeness (QED) is 0.730. The van der Waals surface area contributed by atoms with Gasteiger partial charge in [-0.15, -0.1) is 5.10 Å². The van der Waals surface area contributed by atoms with Crippen molar-refractivity contribution in [1.29, 1.82) is 0 Å². The van der Waals surface area contributed by atoms with Crippen molar-refractivity contribution in [2.75, 3.05) is 18.6 Å². The molecule has 0 unspecified atom stereocenters. The Bertz CT molecular complexity index is 905. The number of hydrogen-bond donors (Lipinski definition) is 0. The van der Waals surface area contributed by atoms with Crippen LogP contribution < -0.4 is 14.4 Å². The third-order valence-corrected chi connectivity index (χ3v) is 4.01. The van der Waals surface area contributed by atoms with Crippen molar-refractivity contribution in [2.45, 2.75) is 6.54 Å². The van der Waals surface area contributed by atoms with Crippen molar-refractivity contribution in [2.24, 2.45) is 0 Å². The van der Waals surface area contributed by atoms with Gasteiger partial charge < -0.3 is 9.47 Å². The number of carbonyl (C=O) groups excluding carboxylic acids is 1. The molecule has 1 amide bonds. The number of nitrogens with zero attached hydrogens (tertiary/aromatic N) is 4. The van der Waals surface area contributed by atoms with Crippen LogP contribution in [0.15, 0.2) is 54.7 Å². The first-order chi connectivity index (χ1) is 12.2. The van der Waals surface area contributed by atoms with Gasteiger partial charge >= 0.3 is 0 Å². The molecule has 0 atom stereocenters. The van der Waals surface area contributed by atoms with Gasteiger partial charge in [-0.25, -0.2) is 4.68 Å². The lowest BCUT2D eigenvalue weighted by Gasteiger charge is -2.28. The molecule has 7 nitrogen and oxygen atoms in total. The number of carbonyl (C=O) groups is 1. The Labute approximate surface area is 144 Å². The minimum atomic E-state index is -0.0994. The highest BCUT2D eigenvalue weighted by Gasteiger charge is 2.26. The predicted molar refractivity (Wildman–Crippen MR) is 91.0 cm³/mol. The smallest absolute Gasteiger partial charge is 0.265 e. The summed E-state index contributed by atoms with van der Waals surface area (Å²) in [5, 5.41) is 8.33. The molecule has 1 aliphatic heterocycles. The highest BCUT2D eigenvalue weighted by Crippen LogP contribution is 2.32. The van der Waals surface area contributed by atoms with Crippen LogP contribution in [0.3, 0.4) is 0 Å². The molecule has 0 radical (unpaired) electrons. The zero-order valence-electron chi connectivity index (χ0n) is 13.6. The molecule has 1 aromatic heterocycles. The van der Waals surface area contributed by atoms with Gasteiger partial charge in [-0.3, -0.25) is 9.69 Å². The van der Waals surface area contributed by atoms with Crippen LogP contribution in [-0.4, -0.2) is 34.6 Å². The third kappa shape index (κ3) is 2.91. The number of fused-ring (bicyclic) bond motifs is 1. The van der Waals surface area contributed by atoms with Gasteiger partial charge in [0.25, 0.3) is 5.91 Å². The Morgan fingerprint density at radius 2 is 1.96 bits per heavy atom. The third-order valence-electron chi connectivity index (χ3n) is 4.01. The Kier molecular flexibility index (Phi) is 3.81. The highest BCUT2D eigenvalue weighted by atomic mass is 16.5. The van der Waals surface area contributed by atoms with Gasteiger partial charge in [-0.05, 0) is 36.4 Å². The largest absolute Gasteiger partial charge is 0.497 e. The lowest BCUT2D eigenvalue weighted by molar-refractivity contribution is -0.121. The minimum absolute atomic E-state index is 0.0314. The monoisotopic (exact) mass is 336 g/mol. The van der Waals surface area contributed by atoms with E-state index < -0.39 is 0 Å². The number of para-hydroxylation sites is 2. The van der Waals surface area contributed by atoms with Gasteiger partial charge in [0.2, 0.25) is 0 Å². The summed E-state index contributed by atoms with van der Waals surface area (Å²) < 4.78 is 12.3. The van der Waals surface area contributed by atoms with E-state index in [-0.39, 0.29) is 12.5 Å². The number of ether oxygens (including phenoxy) is 2. The number of benzene rings is 2. The molecular weight excluding hydrogens is 320 g/mol. The molecule has 1 aliphatic rings. The Balaban J connectivity index is 1.58. The van der Waals surface area contributed by atoms with E-state index >= 15 is 0 Å². The Morgan fingerprint density at radius 3 is 2.76 bits per heavy atom. The molecule has 2 aromatic carbocycles. The van der Waals surface area contributed by atoms with E-state index in [2.05, 4.69) is 10.3 Å². The molecule has 0 bridgehead atoms. The summed E-state index contributed by atoms with van der Waals surface area (Å²) in [4.78, 5) is 13.9. The molecule has 25 heavy (non-hydrogen) atoms. The van der Waals surface area contributed by atoms with Crippen molar-refractivity contribution in [3.63, 3.8) is 0 Å². The van der Waals surface area contributed by atoms with Crippen molar-refractivity contribution in [1.82, 2.24) is 15.0 Å². The molecule has 4 rings (SSSR count). The maximum atomic E-state index is 12.2. The van der Waals surface area contributed by atoms with E-state index in [4.69, 9.17) is 9.47 Å². The van der Waals surface area contributed by atoms with E-state index in [1.807, 2.05) is 54.7 Å². The van der Waals surface area contributed by atoms with Crippen LogP contribution in [0, 0.1) is 0 Å². The van der Waals surface area contributed by atoms with Crippen molar-refractivity contribution in [3.05, 3.63) is 60.4 Å². The normalized spacial score (nSPS) is 13.3. The predicted octanol–water partition coefficient (Wildman–Crippen LogP) is 2.20. The average molecular weight is 336 g/mol. The second-order valence-corrected chi connectivity index (χ2v) is 5.59. The Hall–Kier alpha value is -3.35. The average Bonchev–Trinajstić information content (AvgIpc) is 3.13. The summed E-state index contributed by atoms with van der Waals surface area (Å²) in [6.07, 6.45) is 1.81. The SMILES string of the molecule is COc1ccc(-n2cc(CN3C(=O)COc4ccccc43)nn2)cc1. The zero-order valence-corrected chi connectivity index (χ0v) is 13.6. The summed E-state index contributed by atoms with van der Waals surface area (Å²) in [5.41, 5.74) is 2.31. The minimum Gasteiger partial charge on any atom is -0.497 e. The number of anilines is 1. The molecule has 0 saturated carbocycles. The molecule has 126 valence electrons. The summed E-state index contributed by atoms with van der Waals surface area (Å²) >= 11 is 0. The van der Waals surface area contributed by atoms with Crippen LogP contribution in [0.2, 0.25) is 0 Å². The van der Waals surface area contributed by atoms with E-state index in [0.717, 1.165) is 17.1 Å². The fourth-order valence-electron chi connectivity index (χ4n) is 2.72. The summed E-state index contributed by atoms with van der Waals surface area (Å²) in [7, 11) is 1.62. The summed E-state index contributed by atoms with van der Waals surface area (Å²) in [6.45, 7) is 0.374. The highest BCUT2D eigenvalue weighted by molar-refractivity contribution is 5.97. The van der Waals surface area contributed by atoms with Crippen LogP contribution in [0.5, 0.6) is 11.5 Å². The van der Waals surface area contributed by atoms with E-state index in [0.29, 0.717) is 18.0 Å². The zero-order chi connectivity index (χ0) is 17.2. The van der Waals surface area contributed by atoms with Crippen molar-refractivity contribution >= 4 is 11.6 Å². The topological polar surface area (TPSA) is 69.5 Å². The maximum Gasteiger partial charge on any atom is 0.265 e. The molecule has 0 aliphatic carbocycles. The van der Waals surface area contributed by atoms with E-state index in [1.54, 1.807) is 16.7 Å². The maximum absolute atomic E-state index is 12.2. The fraction of sp³-hybridized carbons (Fsp3) is 0.167. The number of rotatable bonds is 4. The molecule has 0 spiro atoms. The van der Waals surface area contributed by atoms with Crippen molar-refractivity contribution < 1.29 is 14.3 Å². The second kappa shape index (κ2) is 6.27. The number of hydrogen-bond acceptors (Lipinski definition) is 5. The number of aromatic nitrogens is 3. The van der Waals surface area contributed by atoms with Gasteiger partial charge in [0.1, 0.15) is 17.2 Å². The molecule has 7 heteroatoms. The molecule has 2 heterocycles. The molecule has 0 N–H and O–H groups in total. The van der Waals surface area contributed by atoms with E-state index in [9.17, 15) is 4.79 Å². The van der Waals surface area contributed by atoms with Crippen molar-refractivity contribution in [3.8, 4) is 17.2 Å². The lowest BCUT2D eigenvalue weighted by atomic mass is 10.2. The fourth-order valence-corrected chi connectivity index (χ4v) is 2.72. The van der Waals surface area contributed by atoms with Crippen LogP contribution in [0.25, 0.3) is 5.69 Å². The van der Waals surface area contributed by atoms with E-state index in [1.165, 1.54) is 0 Å². The van der Waals surface area contributed by atoms with Gasteiger partial charge in [0, 0.05) is 0 Å². The standard InChI is InChI=1S/C18H16N4O3/c1-24-15-8-6-14(7-9-15)22-11-13(19-20-22)10-21-16-4-2-3-5-17(16)25-12-18(21)23/h2-9,11H,10,12H2,1H3.